The SMILES string of the molecule is N#Cc1cccnc1NCc1cccc(NC(=O)c2ccncc2)c1. The molecule has 0 spiro atoms. The number of amides is 1. The molecule has 1 amide bonds. The molecule has 0 aliphatic rings. The minimum Gasteiger partial charge on any atom is -0.365 e. The highest BCUT2D eigenvalue weighted by atomic mass is 16.1. The molecule has 25 heavy (non-hydrogen) atoms. The number of pyridine rings is 2. The van der Waals surface area contributed by atoms with Gasteiger partial charge in [-0.2, -0.15) is 5.26 Å². The number of nitrogens with zero attached hydrogens (tertiary/aromatic N) is 3. The largest absolute Gasteiger partial charge is 0.365 e. The summed E-state index contributed by atoms with van der Waals surface area (Å²) in [7, 11) is 0. The number of rotatable bonds is 5. The van der Waals surface area contributed by atoms with E-state index < -0.39 is 0 Å². The zero-order chi connectivity index (χ0) is 17.5. The zero-order valence-corrected chi connectivity index (χ0v) is 13.3. The fraction of sp³-hybridized carbons (Fsp3) is 0.0526. The van der Waals surface area contributed by atoms with E-state index >= 15 is 0 Å². The van der Waals surface area contributed by atoms with Gasteiger partial charge < -0.3 is 10.6 Å². The molecule has 6 heteroatoms. The first-order chi connectivity index (χ1) is 12.3. The van der Waals surface area contributed by atoms with Crippen molar-refractivity contribution < 1.29 is 4.79 Å². The molecule has 122 valence electrons. The smallest absolute Gasteiger partial charge is 0.255 e. The highest BCUT2D eigenvalue weighted by Crippen LogP contribution is 2.15. The molecule has 0 bridgehead atoms. The van der Waals surface area contributed by atoms with Crippen LogP contribution in [0.3, 0.4) is 0 Å². The van der Waals surface area contributed by atoms with Crippen molar-refractivity contribution in [2.24, 2.45) is 0 Å². The third kappa shape index (κ3) is 4.18. The lowest BCUT2D eigenvalue weighted by Gasteiger charge is -2.09. The second-order valence-electron chi connectivity index (χ2n) is 5.26. The second kappa shape index (κ2) is 7.70. The molecule has 0 aliphatic heterocycles. The number of aromatic nitrogens is 2. The van der Waals surface area contributed by atoms with Crippen LogP contribution in [-0.2, 0) is 6.54 Å². The molecule has 0 saturated carbocycles. The molecule has 0 radical (unpaired) electrons. The average Bonchev–Trinajstić information content (AvgIpc) is 2.67. The van der Waals surface area contributed by atoms with E-state index in [0.717, 1.165) is 5.56 Å². The Morgan fingerprint density at radius 2 is 1.92 bits per heavy atom. The van der Waals surface area contributed by atoms with Crippen molar-refractivity contribution in [3.05, 3.63) is 83.8 Å². The summed E-state index contributed by atoms with van der Waals surface area (Å²) in [5.41, 5.74) is 2.69. The molecular formula is C19H15N5O. The third-order valence-corrected chi connectivity index (χ3v) is 3.52. The molecule has 0 aliphatic carbocycles. The fourth-order valence-electron chi connectivity index (χ4n) is 2.29. The van der Waals surface area contributed by atoms with E-state index in [9.17, 15) is 4.79 Å². The summed E-state index contributed by atoms with van der Waals surface area (Å²) in [4.78, 5) is 20.3. The summed E-state index contributed by atoms with van der Waals surface area (Å²) >= 11 is 0. The van der Waals surface area contributed by atoms with Gasteiger partial charge in [-0.05, 0) is 42.0 Å². The lowest BCUT2D eigenvalue weighted by Crippen LogP contribution is -2.12. The topological polar surface area (TPSA) is 90.7 Å². The third-order valence-electron chi connectivity index (χ3n) is 3.52. The van der Waals surface area contributed by atoms with Crippen LogP contribution < -0.4 is 10.6 Å². The lowest BCUT2D eigenvalue weighted by molar-refractivity contribution is 0.102. The van der Waals surface area contributed by atoms with Crippen molar-refractivity contribution in [1.82, 2.24) is 9.97 Å². The van der Waals surface area contributed by atoms with Crippen molar-refractivity contribution >= 4 is 17.4 Å². The number of benzene rings is 1. The molecule has 3 rings (SSSR count). The molecule has 6 nitrogen and oxygen atoms in total. The summed E-state index contributed by atoms with van der Waals surface area (Å²) in [5.74, 6) is 0.347. The van der Waals surface area contributed by atoms with E-state index in [4.69, 9.17) is 5.26 Å². The Balaban J connectivity index is 1.68. The van der Waals surface area contributed by atoms with Crippen molar-refractivity contribution in [2.45, 2.75) is 6.54 Å². The molecule has 2 aromatic heterocycles. The normalized spacial score (nSPS) is 9.88. The van der Waals surface area contributed by atoms with Gasteiger partial charge in [0.15, 0.2) is 0 Å². The Bertz CT molecular complexity index is 918. The lowest BCUT2D eigenvalue weighted by atomic mass is 10.2. The van der Waals surface area contributed by atoms with Crippen LogP contribution in [0.15, 0.2) is 67.1 Å². The number of nitrogens with one attached hydrogen (secondary N) is 2. The van der Waals surface area contributed by atoms with Crippen molar-refractivity contribution in [1.29, 1.82) is 5.26 Å². The number of carbonyl (C=O) groups is 1. The van der Waals surface area contributed by atoms with Gasteiger partial charge in [0.05, 0.1) is 5.56 Å². The summed E-state index contributed by atoms with van der Waals surface area (Å²) in [6.07, 6.45) is 4.79. The van der Waals surface area contributed by atoms with Gasteiger partial charge in [0.1, 0.15) is 11.9 Å². The zero-order valence-electron chi connectivity index (χ0n) is 13.3. The van der Waals surface area contributed by atoms with E-state index in [1.54, 1.807) is 42.9 Å². The molecule has 2 heterocycles. The Hall–Kier alpha value is -3.72. The molecule has 0 atom stereocenters. The van der Waals surface area contributed by atoms with Gasteiger partial charge in [-0.3, -0.25) is 9.78 Å². The van der Waals surface area contributed by atoms with Crippen LogP contribution in [-0.4, -0.2) is 15.9 Å². The van der Waals surface area contributed by atoms with E-state index in [1.807, 2.05) is 24.3 Å². The predicted octanol–water partition coefficient (Wildman–Crippen LogP) is 3.21. The van der Waals surface area contributed by atoms with Gasteiger partial charge >= 0.3 is 0 Å². The Labute approximate surface area is 145 Å². The summed E-state index contributed by atoms with van der Waals surface area (Å²) in [6.45, 7) is 0.491. The van der Waals surface area contributed by atoms with Crippen molar-refractivity contribution in [2.75, 3.05) is 10.6 Å². The maximum absolute atomic E-state index is 12.2. The molecule has 3 aromatic rings. The molecule has 0 fully saturated rings. The van der Waals surface area contributed by atoms with Crippen LogP contribution in [0.4, 0.5) is 11.5 Å². The minimum atomic E-state index is -0.191. The van der Waals surface area contributed by atoms with Crippen molar-refractivity contribution in [3.63, 3.8) is 0 Å². The number of hydrogen-bond acceptors (Lipinski definition) is 5. The van der Waals surface area contributed by atoms with Crippen LogP contribution in [0, 0.1) is 11.3 Å². The summed E-state index contributed by atoms with van der Waals surface area (Å²) in [5, 5.41) is 15.1. The van der Waals surface area contributed by atoms with Gasteiger partial charge in [-0.25, -0.2) is 4.98 Å². The van der Waals surface area contributed by atoms with Crippen LogP contribution in [0.2, 0.25) is 0 Å². The number of anilines is 2. The Kier molecular flexibility index (Phi) is 4.98. The first kappa shape index (κ1) is 16.1. The van der Waals surface area contributed by atoms with Crippen LogP contribution in [0.5, 0.6) is 0 Å². The standard InChI is InChI=1S/C19H15N5O/c20-12-16-4-2-8-22-18(16)23-13-14-3-1-5-17(11-14)24-19(25)15-6-9-21-10-7-15/h1-11H,13H2,(H,22,23)(H,24,25). The van der Waals surface area contributed by atoms with Gasteiger partial charge in [-0.15, -0.1) is 0 Å². The number of hydrogen-bond donors (Lipinski definition) is 2. The summed E-state index contributed by atoms with van der Waals surface area (Å²) in [6, 6.07) is 16.3. The maximum atomic E-state index is 12.2. The van der Waals surface area contributed by atoms with Crippen molar-refractivity contribution in [3.8, 4) is 6.07 Å². The molecule has 0 saturated heterocycles. The first-order valence-electron chi connectivity index (χ1n) is 7.65. The first-order valence-corrected chi connectivity index (χ1v) is 7.65. The van der Waals surface area contributed by atoms with E-state index in [2.05, 4.69) is 26.7 Å². The highest BCUT2D eigenvalue weighted by molar-refractivity contribution is 6.04. The van der Waals surface area contributed by atoms with Crippen LogP contribution in [0.1, 0.15) is 21.5 Å². The highest BCUT2D eigenvalue weighted by Gasteiger charge is 2.06. The van der Waals surface area contributed by atoms with Gasteiger partial charge in [0.25, 0.3) is 5.91 Å². The second-order valence-corrected chi connectivity index (χ2v) is 5.26. The van der Waals surface area contributed by atoms with Gasteiger partial charge in [0.2, 0.25) is 0 Å². The molecule has 2 N–H and O–H groups in total. The minimum absolute atomic E-state index is 0.191. The van der Waals surface area contributed by atoms with Gasteiger partial charge in [0, 0.05) is 36.4 Å². The Morgan fingerprint density at radius 1 is 1.08 bits per heavy atom. The molecular weight excluding hydrogens is 314 g/mol. The quantitative estimate of drug-likeness (QED) is 0.750. The van der Waals surface area contributed by atoms with E-state index in [-0.39, 0.29) is 5.91 Å². The Morgan fingerprint density at radius 3 is 2.72 bits per heavy atom. The average molecular weight is 329 g/mol. The van der Waals surface area contributed by atoms with Crippen LogP contribution in [0.25, 0.3) is 0 Å². The predicted molar refractivity (Wildman–Crippen MR) is 94.9 cm³/mol. The maximum Gasteiger partial charge on any atom is 0.255 e. The van der Waals surface area contributed by atoms with E-state index in [1.165, 1.54) is 0 Å². The monoisotopic (exact) mass is 329 g/mol. The summed E-state index contributed by atoms with van der Waals surface area (Å²) < 4.78 is 0. The van der Waals surface area contributed by atoms with Crippen LogP contribution >= 0.6 is 0 Å². The van der Waals surface area contributed by atoms with E-state index in [0.29, 0.717) is 29.2 Å². The molecule has 0 unspecified atom stereocenters. The molecule has 1 aromatic carbocycles. The fourth-order valence-corrected chi connectivity index (χ4v) is 2.29. The van der Waals surface area contributed by atoms with Gasteiger partial charge in [-0.1, -0.05) is 12.1 Å². The number of carbonyl (C=O) groups excluding carboxylic acids is 1. The number of nitriles is 1.